The van der Waals surface area contributed by atoms with Gasteiger partial charge < -0.3 is 29.6 Å². The van der Waals surface area contributed by atoms with Gasteiger partial charge in [-0.25, -0.2) is 19.4 Å². The van der Waals surface area contributed by atoms with Crippen molar-refractivity contribution in [2.75, 3.05) is 20.3 Å². The highest BCUT2D eigenvalue weighted by Crippen LogP contribution is 2.36. The summed E-state index contributed by atoms with van der Waals surface area (Å²) in [6.07, 6.45) is 1.38. The number of halogens is 3. The maximum atomic E-state index is 13.9. The van der Waals surface area contributed by atoms with Gasteiger partial charge in [-0.05, 0) is 71.2 Å². The molecule has 236 valence electrons. The molecule has 0 saturated carbocycles. The van der Waals surface area contributed by atoms with Crippen molar-refractivity contribution >= 4 is 51.7 Å². The molecule has 0 saturated heterocycles. The number of nitrogens with zero attached hydrogens (tertiary/aromatic N) is 1. The largest absolute Gasteiger partial charge is 0.493 e. The summed E-state index contributed by atoms with van der Waals surface area (Å²) in [5.74, 6) is -0.646. The van der Waals surface area contributed by atoms with Crippen LogP contribution in [0.4, 0.5) is 9.18 Å². The fourth-order valence-corrected chi connectivity index (χ4v) is 5.31. The lowest BCUT2D eigenvalue weighted by atomic mass is 9.95. The van der Waals surface area contributed by atoms with E-state index in [-0.39, 0.29) is 41.1 Å². The molecule has 0 radical (unpaired) electrons. The number of hydrogen-bond donors (Lipinski definition) is 3. The summed E-state index contributed by atoms with van der Waals surface area (Å²) < 4.78 is 36.3. The maximum absolute atomic E-state index is 13.9. The minimum Gasteiger partial charge on any atom is -0.493 e. The Hall–Kier alpha value is -4.62. The Morgan fingerprint density at radius 3 is 2.62 bits per heavy atom. The third-order valence-corrected chi connectivity index (χ3v) is 7.27. The second-order valence-electron chi connectivity index (χ2n) is 9.48. The van der Waals surface area contributed by atoms with Gasteiger partial charge in [-0.2, -0.15) is 5.10 Å². The Morgan fingerprint density at radius 1 is 1.13 bits per heavy atom. The molecule has 0 unspecified atom stereocenters. The summed E-state index contributed by atoms with van der Waals surface area (Å²) in [5.41, 5.74) is 4.48. The minimum absolute atomic E-state index is 0.0119. The van der Waals surface area contributed by atoms with Crippen molar-refractivity contribution in [1.29, 1.82) is 0 Å². The van der Waals surface area contributed by atoms with Crippen molar-refractivity contribution in [3.8, 4) is 17.2 Å². The number of carbonyl (C=O) groups is 3. The first-order valence-electron chi connectivity index (χ1n) is 13.5. The predicted octanol–water partition coefficient (Wildman–Crippen LogP) is 5.55. The summed E-state index contributed by atoms with van der Waals surface area (Å²) in [4.78, 5) is 37.2. The smallest absolute Gasteiger partial charge is 0.338 e. The highest BCUT2D eigenvalue weighted by molar-refractivity contribution is 9.10. The molecule has 1 heterocycles. The molecule has 3 N–H and O–H groups in total. The lowest BCUT2D eigenvalue weighted by Crippen LogP contribution is -2.45. The molecule has 0 bridgehead atoms. The fraction of sp³-hybridized carbons (Fsp3) is 0.226. The van der Waals surface area contributed by atoms with Gasteiger partial charge in [-0.1, -0.05) is 35.9 Å². The number of urea groups is 1. The molecule has 3 aromatic rings. The van der Waals surface area contributed by atoms with Gasteiger partial charge in [0.05, 0.1) is 41.0 Å². The van der Waals surface area contributed by atoms with Crippen LogP contribution in [0.3, 0.4) is 0 Å². The average molecular weight is 704 g/mol. The van der Waals surface area contributed by atoms with Crippen LogP contribution in [0.1, 0.15) is 36.6 Å². The molecule has 4 rings (SSSR count). The third kappa shape index (κ3) is 8.52. The average Bonchev–Trinajstić information content (AvgIpc) is 3.00. The molecule has 11 nitrogen and oxygen atoms in total. The Balaban J connectivity index is 1.36. The van der Waals surface area contributed by atoms with Crippen LogP contribution in [0.15, 0.2) is 75.4 Å². The summed E-state index contributed by atoms with van der Waals surface area (Å²) in [6.45, 7) is 3.07. The molecule has 3 aromatic carbocycles. The van der Waals surface area contributed by atoms with E-state index in [0.29, 0.717) is 32.6 Å². The summed E-state index contributed by atoms with van der Waals surface area (Å²) in [7, 11) is 1.42. The molecule has 1 atom stereocenters. The van der Waals surface area contributed by atoms with Crippen LogP contribution >= 0.6 is 27.5 Å². The second-order valence-corrected chi connectivity index (χ2v) is 10.7. The normalized spacial score (nSPS) is 14.4. The van der Waals surface area contributed by atoms with E-state index in [9.17, 15) is 18.8 Å². The number of hydrazone groups is 1. The zero-order chi connectivity index (χ0) is 32.5. The monoisotopic (exact) mass is 702 g/mol. The summed E-state index contributed by atoms with van der Waals surface area (Å²) >= 11 is 9.76. The third-order valence-electron chi connectivity index (χ3n) is 6.40. The first-order chi connectivity index (χ1) is 21.6. The van der Waals surface area contributed by atoms with Gasteiger partial charge in [-0.3, -0.25) is 4.79 Å². The van der Waals surface area contributed by atoms with Crippen molar-refractivity contribution in [3.05, 3.63) is 97.9 Å². The predicted molar refractivity (Wildman–Crippen MR) is 168 cm³/mol. The quantitative estimate of drug-likeness (QED) is 0.128. The van der Waals surface area contributed by atoms with Crippen molar-refractivity contribution < 1.29 is 37.7 Å². The van der Waals surface area contributed by atoms with Crippen LogP contribution in [0.5, 0.6) is 17.2 Å². The van der Waals surface area contributed by atoms with Gasteiger partial charge in [0.1, 0.15) is 12.4 Å². The molecule has 0 fully saturated rings. The molecule has 0 spiro atoms. The number of carbonyl (C=O) groups excluding carboxylic acids is 3. The van der Waals surface area contributed by atoms with Crippen molar-refractivity contribution in [2.45, 2.75) is 26.5 Å². The van der Waals surface area contributed by atoms with Gasteiger partial charge in [0.2, 0.25) is 0 Å². The van der Waals surface area contributed by atoms with E-state index >= 15 is 0 Å². The number of esters is 1. The topological polar surface area (TPSA) is 137 Å². The summed E-state index contributed by atoms with van der Waals surface area (Å²) in [5, 5.41) is 9.50. The first-order valence-corrected chi connectivity index (χ1v) is 14.7. The molecule has 0 aliphatic carbocycles. The van der Waals surface area contributed by atoms with Crippen molar-refractivity contribution in [1.82, 2.24) is 16.1 Å². The van der Waals surface area contributed by atoms with E-state index in [2.05, 4.69) is 37.1 Å². The summed E-state index contributed by atoms with van der Waals surface area (Å²) in [6, 6.07) is 13.1. The molecule has 14 heteroatoms. The number of allylic oxidation sites excluding steroid dienone is 1. The molecule has 45 heavy (non-hydrogen) atoms. The molecular formula is C31H29BrClFN4O7. The first kappa shape index (κ1) is 33.3. The number of hydrogen-bond acceptors (Lipinski definition) is 8. The number of rotatable bonds is 12. The molecule has 1 aliphatic rings. The van der Waals surface area contributed by atoms with E-state index < -0.39 is 30.6 Å². The number of nitrogens with one attached hydrogen (secondary N) is 3. The van der Waals surface area contributed by atoms with Crippen LogP contribution in [0.2, 0.25) is 5.02 Å². The maximum Gasteiger partial charge on any atom is 0.338 e. The Bertz CT molecular complexity index is 1640. The lowest BCUT2D eigenvalue weighted by Gasteiger charge is -2.28. The lowest BCUT2D eigenvalue weighted by molar-refractivity contribution is -0.139. The van der Waals surface area contributed by atoms with Gasteiger partial charge in [-0.15, -0.1) is 0 Å². The van der Waals surface area contributed by atoms with E-state index in [4.69, 9.17) is 30.5 Å². The second kappa shape index (κ2) is 15.4. The molecule has 1 aliphatic heterocycles. The van der Waals surface area contributed by atoms with Gasteiger partial charge in [0.15, 0.2) is 23.9 Å². The van der Waals surface area contributed by atoms with Gasteiger partial charge >= 0.3 is 12.0 Å². The van der Waals surface area contributed by atoms with Crippen LogP contribution in [-0.4, -0.2) is 44.4 Å². The molecule has 3 amide bonds. The molecular weight excluding hydrogens is 675 g/mol. The van der Waals surface area contributed by atoms with Gasteiger partial charge in [0.25, 0.3) is 5.91 Å². The number of methoxy groups -OCH3 is 1. The highest BCUT2D eigenvalue weighted by atomic mass is 79.9. The Kier molecular flexibility index (Phi) is 11.4. The van der Waals surface area contributed by atoms with Crippen LogP contribution in [0, 0.1) is 5.82 Å². The van der Waals surface area contributed by atoms with E-state index in [0.717, 1.165) is 0 Å². The Morgan fingerprint density at radius 2 is 1.91 bits per heavy atom. The highest BCUT2D eigenvalue weighted by Gasteiger charge is 2.32. The van der Waals surface area contributed by atoms with Crippen LogP contribution < -0.4 is 30.3 Å². The van der Waals surface area contributed by atoms with Crippen molar-refractivity contribution in [2.24, 2.45) is 5.10 Å². The van der Waals surface area contributed by atoms with Crippen molar-refractivity contribution in [3.63, 3.8) is 0 Å². The minimum atomic E-state index is -0.792. The fourth-order valence-electron chi connectivity index (χ4n) is 4.32. The SMILES string of the molecule is CCOC(=O)C1=C(C)NC(=O)N[C@H]1c1ccc(OCC(=O)N/N=C\c2cc(Cl)c(OCc3ccccc3F)c(Br)c2)c(OC)c1. The molecule has 0 aromatic heterocycles. The van der Waals surface area contributed by atoms with E-state index in [1.165, 1.54) is 19.4 Å². The van der Waals surface area contributed by atoms with Gasteiger partial charge in [0, 0.05) is 11.3 Å². The zero-order valence-corrected chi connectivity index (χ0v) is 26.8. The zero-order valence-electron chi connectivity index (χ0n) is 24.4. The van der Waals surface area contributed by atoms with Crippen LogP contribution in [-0.2, 0) is 20.9 Å². The Labute approximate surface area is 271 Å². The number of benzene rings is 3. The van der Waals surface area contributed by atoms with Crippen LogP contribution in [0.25, 0.3) is 0 Å². The standard InChI is InChI=1S/C31H29BrClFN4O7/c1-4-43-30(40)27-17(2)36-31(41)37-28(27)19-9-10-24(25(13-19)42-3)44-16-26(39)38-35-14-18-11-21(32)29(22(33)12-18)45-15-20-7-5-6-8-23(20)34/h5-14,28H,4,15-16H2,1-3H3,(H,38,39)(H2,36,37,41)/b35-14-/t28-/m0/s1. The number of ether oxygens (including phenoxy) is 4. The van der Waals surface area contributed by atoms with E-state index in [1.54, 1.807) is 62.4 Å². The number of amides is 3. The van der Waals surface area contributed by atoms with E-state index in [1.807, 2.05) is 0 Å².